The summed E-state index contributed by atoms with van der Waals surface area (Å²) in [7, 11) is 0. The maximum atomic E-state index is 12.2. The number of rotatable bonds is 2. The van der Waals surface area contributed by atoms with Gasteiger partial charge in [0.05, 0.1) is 29.7 Å². The number of hydrogen-bond acceptors (Lipinski definition) is 3. The molecule has 0 aromatic carbocycles. The third kappa shape index (κ3) is 2.56. The molecule has 0 amide bonds. The lowest BCUT2D eigenvalue weighted by molar-refractivity contribution is 0.0693. The van der Waals surface area contributed by atoms with E-state index in [0.717, 1.165) is 17.1 Å². The minimum Gasteiger partial charge on any atom is -0.477 e. The second-order valence-electron chi connectivity index (χ2n) is 7.82. The summed E-state index contributed by atoms with van der Waals surface area (Å²) in [6, 6.07) is 3.44. The minimum atomic E-state index is -1.19. The predicted molar refractivity (Wildman–Crippen MR) is 91.5 cm³/mol. The third-order valence-electron chi connectivity index (χ3n) is 4.64. The fourth-order valence-corrected chi connectivity index (χ4v) is 3.18. The summed E-state index contributed by atoms with van der Waals surface area (Å²) in [5.41, 5.74) is 1.80. The Morgan fingerprint density at radius 1 is 1.29 bits per heavy atom. The molecule has 0 spiro atoms. The molecule has 1 N–H and O–H groups in total. The van der Waals surface area contributed by atoms with Gasteiger partial charge in [-0.25, -0.2) is 4.79 Å². The van der Waals surface area contributed by atoms with E-state index in [1.807, 2.05) is 15.3 Å². The van der Waals surface area contributed by atoms with Gasteiger partial charge in [0.1, 0.15) is 5.56 Å². The van der Waals surface area contributed by atoms with Gasteiger partial charge in [0.25, 0.3) is 0 Å². The number of nitrogens with zero attached hydrogens (tertiary/aromatic N) is 3. The predicted octanol–water partition coefficient (Wildman–Crippen LogP) is 3.13. The molecule has 24 heavy (non-hydrogen) atoms. The van der Waals surface area contributed by atoms with Crippen LogP contribution in [-0.4, -0.2) is 25.4 Å². The molecule has 0 saturated heterocycles. The zero-order chi connectivity index (χ0) is 17.8. The first kappa shape index (κ1) is 16.5. The van der Waals surface area contributed by atoms with Crippen molar-refractivity contribution in [2.75, 3.05) is 0 Å². The van der Waals surface area contributed by atoms with E-state index >= 15 is 0 Å². The Labute approximate surface area is 140 Å². The number of hydrogen-bond donors (Lipinski definition) is 1. The molecule has 0 radical (unpaired) electrons. The quantitative estimate of drug-likeness (QED) is 0.918. The maximum absolute atomic E-state index is 12.2. The standard InChI is InChI=1S/C18H23N3O3/c1-10(2)12-6-14-13-7-15(22)11(17(23)24)8-20(13)16(18(3,4)5)9-21(14)19-12/h6-8,10,16H,9H2,1-5H3,(H,23,24). The van der Waals surface area contributed by atoms with Crippen LogP contribution in [0.5, 0.6) is 0 Å². The van der Waals surface area contributed by atoms with Crippen molar-refractivity contribution < 1.29 is 9.90 Å². The average Bonchev–Trinajstić information content (AvgIpc) is 2.89. The van der Waals surface area contributed by atoms with Crippen LogP contribution >= 0.6 is 0 Å². The van der Waals surface area contributed by atoms with E-state index in [-0.39, 0.29) is 22.9 Å². The average molecular weight is 329 g/mol. The van der Waals surface area contributed by atoms with Crippen molar-refractivity contribution in [2.45, 2.75) is 53.1 Å². The molecule has 1 unspecified atom stereocenters. The minimum absolute atomic E-state index is 0.0126. The molecule has 6 nitrogen and oxygen atoms in total. The molecule has 2 aromatic rings. The number of carboxylic acids is 1. The van der Waals surface area contributed by atoms with Crippen molar-refractivity contribution in [1.29, 1.82) is 0 Å². The number of carbonyl (C=O) groups is 1. The van der Waals surface area contributed by atoms with Gasteiger partial charge in [-0.3, -0.25) is 9.48 Å². The van der Waals surface area contributed by atoms with Crippen LogP contribution in [0.2, 0.25) is 0 Å². The highest BCUT2D eigenvalue weighted by Gasteiger charge is 2.34. The normalized spacial score (nSPS) is 16.8. The summed E-state index contributed by atoms with van der Waals surface area (Å²) in [4.78, 5) is 23.6. The van der Waals surface area contributed by atoms with E-state index in [9.17, 15) is 14.7 Å². The molecule has 0 fully saturated rings. The lowest BCUT2D eigenvalue weighted by Crippen LogP contribution is -2.35. The first-order chi connectivity index (χ1) is 11.1. The smallest absolute Gasteiger partial charge is 0.341 e. The number of aromatic nitrogens is 3. The Kier molecular flexibility index (Phi) is 3.66. The van der Waals surface area contributed by atoms with Crippen LogP contribution in [0, 0.1) is 5.41 Å². The van der Waals surface area contributed by atoms with E-state index in [4.69, 9.17) is 0 Å². The molecule has 1 aliphatic heterocycles. The van der Waals surface area contributed by atoms with Crippen LogP contribution in [0.25, 0.3) is 11.4 Å². The van der Waals surface area contributed by atoms with Gasteiger partial charge in [0.15, 0.2) is 5.43 Å². The van der Waals surface area contributed by atoms with Gasteiger partial charge < -0.3 is 9.67 Å². The fraction of sp³-hybridized carbons (Fsp3) is 0.500. The molecule has 0 bridgehead atoms. The van der Waals surface area contributed by atoms with Gasteiger partial charge in [-0.05, 0) is 17.4 Å². The molecule has 6 heteroatoms. The largest absolute Gasteiger partial charge is 0.477 e. The highest BCUT2D eigenvalue weighted by atomic mass is 16.4. The van der Waals surface area contributed by atoms with Crippen molar-refractivity contribution >= 4 is 5.97 Å². The first-order valence-electron chi connectivity index (χ1n) is 8.17. The zero-order valence-corrected chi connectivity index (χ0v) is 14.7. The molecule has 128 valence electrons. The lowest BCUT2D eigenvalue weighted by Gasteiger charge is -2.38. The van der Waals surface area contributed by atoms with Crippen LogP contribution in [0.15, 0.2) is 23.1 Å². The highest BCUT2D eigenvalue weighted by Crippen LogP contribution is 2.39. The molecule has 0 saturated carbocycles. The number of fused-ring (bicyclic) bond motifs is 3. The van der Waals surface area contributed by atoms with E-state index in [2.05, 4.69) is 39.7 Å². The van der Waals surface area contributed by atoms with Gasteiger partial charge in [-0.15, -0.1) is 0 Å². The van der Waals surface area contributed by atoms with Crippen LogP contribution in [0.1, 0.15) is 62.6 Å². The summed E-state index contributed by atoms with van der Waals surface area (Å²) in [6.07, 6.45) is 1.49. The van der Waals surface area contributed by atoms with Crippen molar-refractivity contribution in [3.63, 3.8) is 0 Å². The van der Waals surface area contributed by atoms with E-state index in [1.54, 1.807) is 0 Å². The summed E-state index contributed by atoms with van der Waals surface area (Å²) >= 11 is 0. The van der Waals surface area contributed by atoms with E-state index in [1.165, 1.54) is 12.3 Å². The Balaban J connectivity index is 2.29. The molecule has 1 atom stereocenters. The highest BCUT2D eigenvalue weighted by molar-refractivity contribution is 5.87. The van der Waals surface area contributed by atoms with Crippen molar-refractivity contribution in [2.24, 2.45) is 5.41 Å². The molecule has 3 rings (SSSR count). The molecule has 2 aromatic heterocycles. The van der Waals surface area contributed by atoms with Gasteiger partial charge in [-0.2, -0.15) is 5.10 Å². The Hall–Kier alpha value is -2.37. The van der Waals surface area contributed by atoms with Gasteiger partial charge in [0, 0.05) is 12.3 Å². The van der Waals surface area contributed by atoms with Crippen molar-refractivity contribution in [1.82, 2.24) is 14.3 Å². The van der Waals surface area contributed by atoms with Crippen molar-refractivity contribution in [3.05, 3.63) is 39.8 Å². The monoisotopic (exact) mass is 329 g/mol. The molecular weight excluding hydrogens is 306 g/mol. The fourth-order valence-electron chi connectivity index (χ4n) is 3.18. The maximum Gasteiger partial charge on any atom is 0.341 e. The summed E-state index contributed by atoms with van der Waals surface area (Å²) in [5, 5.41) is 14.0. The molecule has 3 heterocycles. The number of carboxylic acid groups (broad SMARTS) is 1. The van der Waals surface area contributed by atoms with E-state index < -0.39 is 11.4 Å². The molecule has 0 aliphatic carbocycles. The van der Waals surface area contributed by atoms with Crippen LogP contribution in [-0.2, 0) is 6.54 Å². The Morgan fingerprint density at radius 3 is 2.50 bits per heavy atom. The van der Waals surface area contributed by atoms with Gasteiger partial charge in [0.2, 0.25) is 0 Å². The number of aromatic carboxylic acids is 1. The molecule has 1 aliphatic rings. The van der Waals surface area contributed by atoms with Gasteiger partial charge >= 0.3 is 5.97 Å². The van der Waals surface area contributed by atoms with Crippen LogP contribution in [0.4, 0.5) is 0 Å². The number of pyridine rings is 1. The summed E-state index contributed by atoms with van der Waals surface area (Å²) in [6.45, 7) is 11.1. The third-order valence-corrected chi connectivity index (χ3v) is 4.64. The second-order valence-corrected chi connectivity index (χ2v) is 7.82. The van der Waals surface area contributed by atoms with E-state index in [0.29, 0.717) is 6.54 Å². The lowest BCUT2D eigenvalue weighted by atomic mass is 9.85. The topological polar surface area (TPSA) is 77.1 Å². The SMILES string of the molecule is CC(C)c1cc2n(n1)CC(C(C)(C)C)n1cc(C(=O)O)c(=O)cc1-2. The second kappa shape index (κ2) is 5.33. The Bertz CT molecular complexity index is 869. The van der Waals surface area contributed by atoms with Crippen molar-refractivity contribution in [3.8, 4) is 11.4 Å². The van der Waals surface area contributed by atoms with Crippen LogP contribution in [0.3, 0.4) is 0 Å². The van der Waals surface area contributed by atoms with Crippen LogP contribution < -0.4 is 5.43 Å². The molecular formula is C18H23N3O3. The first-order valence-corrected chi connectivity index (χ1v) is 8.17. The summed E-state index contributed by atoms with van der Waals surface area (Å²) in [5.74, 6) is -0.903. The zero-order valence-electron chi connectivity index (χ0n) is 14.7. The van der Waals surface area contributed by atoms with Gasteiger partial charge in [-0.1, -0.05) is 34.6 Å². The Morgan fingerprint density at radius 2 is 1.96 bits per heavy atom. The summed E-state index contributed by atoms with van der Waals surface area (Å²) < 4.78 is 3.88.